The Morgan fingerprint density at radius 1 is 1.00 bits per heavy atom. The number of carbonyl (C=O) groups is 1. The highest BCUT2D eigenvalue weighted by Gasteiger charge is 2.14. The molecule has 0 atom stereocenters. The molecular formula is C25H23FO3. The quantitative estimate of drug-likeness (QED) is 0.441. The molecule has 0 aliphatic rings. The van der Waals surface area contributed by atoms with Crippen molar-refractivity contribution in [2.75, 3.05) is 0 Å². The molecule has 0 fully saturated rings. The first kappa shape index (κ1) is 20.5. The molecule has 1 N–H and O–H groups in total. The number of aliphatic hydroxyl groups excluding tert-OH is 1. The lowest BCUT2D eigenvalue weighted by molar-refractivity contribution is -0.140. The van der Waals surface area contributed by atoms with Gasteiger partial charge in [-0.2, -0.15) is 0 Å². The molecule has 0 spiro atoms. The lowest BCUT2D eigenvalue weighted by atomic mass is 9.94. The Hall–Kier alpha value is -3.24. The zero-order chi connectivity index (χ0) is 21.0. The van der Waals surface area contributed by atoms with Crippen molar-refractivity contribution in [2.45, 2.75) is 27.1 Å². The van der Waals surface area contributed by atoms with E-state index in [0.717, 1.165) is 16.7 Å². The van der Waals surface area contributed by atoms with Crippen LogP contribution in [-0.4, -0.2) is 11.1 Å². The molecule has 0 aromatic heterocycles. The van der Waals surface area contributed by atoms with E-state index in [1.807, 2.05) is 49.4 Å². The maximum absolute atomic E-state index is 14.7. The van der Waals surface area contributed by atoms with Gasteiger partial charge in [0.2, 0.25) is 0 Å². The zero-order valence-electron chi connectivity index (χ0n) is 16.5. The van der Waals surface area contributed by atoms with Gasteiger partial charge in [-0.3, -0.25) is 0 Å². The van der Waals surface area contributed by atoms with Crippen molar-refractivity contribution < 1.29 is 19.0 Å². The first-order valence-corrected chi connectivity index (χ1v) is 9.31. The van der Waals surface area contributed by atoms with Gasteiger partial charge in [0.25, 0.3) is 0 Å². The van der Waals surface area contributed by atoms with E-state index < -0.39 is 11.8 Å². The van der Waals surface area contributed by atoms with Crippen LogP contribution >= 0.6 is 0 Å². The van der Waals surface area contributed by atoms with Crippen molar-refractivity contribution in [3.05, 3.63) is 95.3 Å². The Morgan fingerprint density at radius 2 is 1.66 bits per heavy atom. The maximum Gasteiger partial charge on any atom is 0.333 e. The molecule has 0 amide bonds. The predicted octanol–water partition coefficient (Wildman–Crippen LogP) is 5.58. The first-order chi connectivity index (χ1) is 13.9. The van der Waals surface area contributed by atoms with Crippen LogP contribution in [-0.2, 0) is 22.7 Å². The molecular weight excluding hydrogens is 367 g/mol. The Labute approximate surface area is 170 Å². The molecule has 3 rings (SSSR count). The van der Waals surface area contributed by atoms with Crippen LogP contribution in [0, 0.1) is 12.7 Å². The number of halogens is 1. The Morgan fingerprint density at radius 3 is 2.28 bits per heavy atom. The average molecular weight is 390 g/mol. The summed E-state index contributed by atoms with van der Waals surface area (Å²) in [6, 6.07) is 18.4. The van der Waals surface area contributed by atoms with Crippen molar-refractivity contribution in [1.29, 1.82) is 0 Å². The van der Waals surface area contributed by atoms with Crippen LogP contribution in [0.25, 0.3) is 22.3 Å². The summed E-state index contributed by atoms with van der Waals surface area (Å²) in [4.78, 5) is 11.9. The molecule has 0 bridgehead atoms. The third kappa shape index (κ3) is 4.79. The maximum atomic E-state index is 14.7. The van der Waals surface area contributed by atoms with E-state index in [1.165, 1.54) is 6.07 Å². The van der Waals surface area contributed by atoms with Gasteiger partial charge in [0.1, 0.15) is 12.4 Å². The van der Waals surface area contributed by atoms with Gasteiger partial charge >= 0.3 is 5.97 Å². The summed E-state index contributed by atoms with van der Waals surface area (Å²) in [5.74, 6) is -0.931. The monoisotopic (exact) mass is 390 g/mol. The van der Waals surface area contributed by atoms with Crippen LogP contribution in [0.15, 0.2) is 72.8 Å². The Balaban J connectivity index is 2.05. The summed E-state index contributed by atoms with van der Waals surface area (Å²) in [5, 5.41) is 9.22. The van der Waals surface area contributed by atoms with Gasteiger partial charge in [-0.25, -0.2) is 9.18 Å². The Bertz CT molecular complexity index is 1050. The smallest absolute Gasteiger partial charge is 0.333 e. The van der Waals surface area contributed by atoms with E-state index >= 15 is 0 Å². The summed E-state index contributed by atoms with van der Waals surface area (Å²) in [7, 11) is 0. The van der Waals surface area contributed by atoms with E-state index in [0.29, 0.717) is 27.8 Å². The van der Waals surface area contributed by atoms with E-state index in [4.69, 9.17) is 4.74 Å². The lowest BCUT2D eigenvalue weighted by Crippen LogP contribution is -2.06. The molecule has 0 aliphatic heterocycles. The van der Waals surface area contributed by atoms with E-state index in [-0.39, 0.29) is 13.2 Å². The van der Waals surface area contributed by atoms with Crippen LogP contribution in [0.1, 0.15) is 23.6 Å². The van der Waals surface area contributed by atoms with Crippen molar-refractivity contribution in [2.24, 2.45) is 0 Å². The topological polar surface area (TPSA) is 46.5 Å². The largest absolute Gasteiger partial charge is 0.457 e. The molecule has 4 heteroatoms. The van der Waals surface area contributed by atoms with Crippen molar-refractivity contribution in [3.8, 4) is 22.3 Å². The summed E-state index contributed by atoms with van der Waals surface area (Å²) >= 11 is 0. The second-order valence-corrected chi connectivity index (χ2v) is 7.07. The average Bonchev–Trinajstić information content (AvgIpc) is 2.72. The summed E-state index contributed by atoms with van der Waals surface area (Å²) in [5.41, 5.74) is 5.64. The molecule has 3 aromatic rings. The van der Waals surface area contributed by atoms with Gasteiger partial charge < -0.3 is 9.84 Å². The molecule has 3 aromatic carbocycles. The lowest BCUT2D eigenvalue weighted by Gasteiger charge is -2.14. The molecule has 0 saturated carbocycles. The van der Waals surface area contributed by atoms with Crippen LogP contribution in [0.2, 0.25) is 0 Å². The SMILES string of the molecule is C=C(C)C(=O)OCc1cc(-c2ccc(C)cc2)ccc1-c1ccc(CO)cc1F. The Kier molecular flexibility index (Phi) is 6.25. The third-order valence-corrected chi connectivity index (χ3v) is 4.70. The van der Waals surface area contributed by atoms with Crippen LogP contribution in [0.5, 0.6) is 0 Å². The van der Waals surface area contributed by atoms with E-state index in [2.05, 4.69) is 6.58 Å². The molecule has 3 nitrogen and oxygen atoms in total. The van der Waals surface area contributed by atoms with Gasteiger partial charge in [0.05, 0.1) is 6.61 Å². The highest BCUT2D eigenvalue weighted by molar-refractivity contribution is 5.87. The zero-order valence-corrected chi connectivity index (χ0v) is 16.5. The standard InChI is InChI=1S/C25H23FO3/c1-16(2)25(28)29-15-21-13-20(19-7-4-17(3)5-8-19)9-11-22(21)23-10-6-18(14-27)12-24(23)26/h4-13,27H,1,14-15H2,2-3H3. The third-order valence-electron chi connectivity index (χ3n) is 4.70. The van der Waals surface area contributed by atoms with E-state index in [9.17, 15) is 14.3 Å². The molecule has 0 heterocycles. The highest BCUT2D eigenvalue weighted by atomic mass is 19.1. The van der Waals surface area contributed by atoms with Crippen LogP contribution in [0.4, 0.5) is 4.39 Å². The number of hydrogen-bond acceptors (Lipinski definition) is 3. The second-order valence-electron chi connectivity index (χ2n) is 7.07. The van der Waals surface area contributed by atoms with Gasteiger partial charge in [0.15, 0.2) is 0 Å². The minimum Gasteiger partial charge on any atom is -0.457 e. The van der Waals surface area contributed by atoms with Crippen LogP contribution in [0.3, 0.4) is 0 Å². The van der Waals surface area contributed by atoms with Gasteiger partial charge in [-0.1, -0.05) is 60.7 Å². The fourth-order valence-electron chi connectivity index (χ4n) is 3.04. The number of aliphatic hydroxyl groups is 1. The molecule has 148 valence electrons. The van der Waals surface area contributed by atoms with Crippen molar-refractivity contribution in [1.82, 2.24) is 0 Å². The molecule has 29 heavy (non-hydrogen) atoms. The summed E-state index contributed by atoms with van der Waals surface area (Å²) in [6.45, 7) is 6.97. The number of benzene rings is 3. The molecule has 0 radical (unpaired) electrons. The molecule has 0 saturated heterocycles. The number of aryl methyl sites for hydroxylation is 1. The fraction of sp³-hybridized carbons (Fsp3) is 0.160. The number of hydrogen-bond donors (Lipinski definition) is 1. The minimum absolute atomic E-state index is 0.00190. The fourth-order valence-corrected chi connectivity index (χ4v) is 3.04. The minimum atomic E-state index is -0.493. The number of carbonyl (C=O) groups excluding carboxylic acids is 1. The van der Waals surface area contributed by atoms with Gasteiger partial charge in [0, 0.05) is 11.1 Å². The predicted molar refractivity (Wildman–Crippen MR) is 113 cm³/mol. The van der Waals surface area contributed by atoms with Gasteiger partial charge in [-0.15, -0.1) is 0 Å². The number of ether oxygens (including phenoxy) is 1. The van der Waals surface area contributed by atoms with Crippen molar-refractivity contribution >= 4 is 5.97 Å². The van der Waals surface area contributed by atoms with Gasteiger partial charge in [-0.05, 0) is 53.8 Å². The van der Waals surface area contributed by atoms with Crippen molar-refractivity contribution in [3.63, 3.8) is 0 Å². The normalized spacial score (nSPS) is 10.6. The number of esters is 1. The first-order valence-electron chi connectivity index (χ1n) is 9.31. The summed E-state index contributed by atoms with van der Waals surface area (Å²) in [6.07, 6.45) is 0. The molecule has 0 aliphatic carbocycles. The van der Waals surface area contributed by atoms with Crippen LogP contribution < -0.4 is 0 Å². The summed E-state index contributed by atoms with van der Waals surface area (Å²) < 4.78 is 20.0. The molecule has 0 unspecified atom stereocenters. The number of rotatable bonds is 6. The second kappa shape index (κ2) is 8.84. The highest BCUT2D eigenvalue weighted by Crippen LogP contribution is 2.32. The van der Waals surface area contributed by atoms with E-state index in [1.54, 1.807) is 19.1 Å².